The summed E-state index contributed by atoms with van der Waals surface area (Å²) >= 11 is 7.72. The summed E-state index contributed by atoms with van der Waals surface area (Å²) in [6.07, 6.45) is -0.747. The topological polar surface area (TPSA) is 51.2 Å². The van der Waals surface area contributed by atoms with Crippen LogP contribution in [0.5, 0.6) is 5.75 Å². The maximum atomic E-state index is 13.2. The quantitative estimate of drug-likeness (QED) is 0.629. The molecule has 7 heteroatoms. The van der Waals surface area contributed by atoms with E-state index in [4.69, 9.17) is 16.3 Å². The van der Waals surface area contributed by atoms with Gasteiger partial charge >= 0.3 is 0 Å². The summed E-state index contributed by atoms with van der Waals surface area (Å²) in [5.74, 6) is -0.383. The second-order valence-corrected chi connectivity index (χ2v) is 7.43. The number of carbonyl (C=O) groups excluding carboxylic acids is 1. The van der Waals surface area contributed by atoms with E-state index in [2.05, 4.69) is 10.3 Å². The molecule has 0 radical (unpaired) electrons. The van der Waals surface area contributed by atoms with Gasteiger partial charge < -0.3 is 10.1 Å². The van der Waals surface area contributed by atoms with E-state index in [1.807, 2.05) is 31.2 Å². The van der Waals surface area contributed by atoms with Crippen molar-refractivity contribution in [2.75, 3.05) is 0 Å². The molecule has 2 aromatic carbocycles. The molecule has 3 rings (SSSR count). The van der Waals surface area contributed by atoms with E-state index in [-0.39, 0.29) is 5.91 Å². The number of ether oxygens (including phenoxy) is 1. The minimum absolute atomic E-state index is 0.286. The van der Waals surface area contributed by atoms with Crippen molar-refractivity contribution in [1.29, 1.82) is 0 Å². The molecule has 140 valence electrons. The van der Waals surface area contributed by atoms with Crippen LogP contribution in [0.15, 0.2) is 48.5 Å². The molecule has 1 aromatic heterocycles. The van der Waals surface area contributed by atoms with E-state index in [1.165, 1.54) is 29.5 Å². The molecule has 1 N–H and O–H groups in total. The van der Waals surface area contributed by atoms with E-state index in [9.17, 15) is 9.18 Å². The smallest absolute Gasteiger partial charge is 0.261 e. The highest BCUT2D eigenvalue weighted by molar-refractivity contribution is 7.15. The average Bonchev–Trinajstić information content (AvgIpc) is 3.00. The summed E-state index contributed by atoms with van der Waals surface area (Å²) in [6, 6.07) is 13.2. The van der Waals surface area contributed by atoms with Gasteiger partial charge in [-0.05, 0) is 32.0 Å². The lowest BCUT2D eigenvalue weighted by Gasteiger charge is -2.14. The maximum Gasteiger partial charge on any atom is 0.261 e. The predicted molar refractivity (Wildman–Crippen MR) is 106 cm³/mol. The molecule has 0 aliphatic heterocycles. The Bertz CT molecular complexity index is 961. The van der Waals surface area contributed by atoms with Crippen LogP contribution >= 0.6 is 22.9 Å². The number of thiazole rings is 1. The Hall–Kier alpha value is -2.44. The summed E-state index contributed by atoms with van der Waals surface area (Å²) < 4.78 is 18.7. The van der Waals surface area contributed by atoms with Crippen LogP contribution in [-0.2, 0) is 11.3 Å². The highest BCUT2D eigenvalue weighted by atomic mass is 35.5. The Balaban J connectivity index is 1.63. The number of rotatable bonds is 6. The molecule has 0 saturated carbocycles. The first kappa shape index (κ1) is 19.3. The molecular weight excluding hydrogens is 387 g/mol. The molecule has 0 aliphatic rings. The normalized spacial score (nSPS) is 11.9. The highest BCUT2D eigenvalue weighted by Gasteiger charge is 2.17. The van der Waals surface area contributed by atoms with Crippen LogP contribution in [0.4, 0.5) is 4.39 Å². The van der Waals surface area contributed by atoms with Crippen molar-refractivity contribution in [3.8, 4) is 16.3 Å². The molecule has 1 amide bonds. The lowest BCUT2D eigenvalue weighted by atomic mass is 10.2. The molecule has 0 spiro atoms. The van der Waals surface area contributed by atoms with Gasteiger partial charge in [0.25, 0.3) is 5.91 Å². The zero-order chi connectivity index (χ0) is 19.4. The Morgan fingerprint density at radius 2 is 2.07 bits per heavy atom. The van der Waals surface area contributed by atoms with Crippen LogP contribution in [0.3, 0.4) is 0 Å². The van der Waals surface area contributed by atoms with Gasteiger partial charge in [0.05, 0.1) is 17.3 Å². The van der Waals surface area contributed by atoms with Gasteiger partial charge in [-0.2, -0.15) is 0 Å². The molecule has 0 aliphatic carbocycles. The molecule has 1 heterocycles. The van der Waals surface area contributed by atoms with Crippen molar-refractivity contribution >= 4 is 28.8 Å². The van der Waals surface area contributed by atoms with Crippen molar-refractivity contribution in [1.82, 2.24) is 10.3 Å². The second-order valence-electron chi connectivity index (χ2n) is 5.94. The summed E-state index contributed by atoms with van der Waals surface area (Å²) in [5.41, 5.74) is 1.71. The lowest BCUT2D eigenvalue weighted by Crippen LogP contribution is -2.35. The third-order valence-corrected chi connectivity index (χ3v) is 5.42. The number of halogens is 2. The average molecular weight is 405 g/mol. The Kier molecular flexibility index (Phi) is 6.08. The molecule has 3 aromatic rings. The van der Waals surface area contributed by atoms with E-state index in [0.29, 0.717) is 17.3 Å². The lowest BCUT2D eigenvalue weighted by molar-refractivity contribution is -0.127. The van der Waals surface area contributed by atoms with Gasteiger partial charge in [-0.15, -0.1) is 11.3 Å². The van der Waals surface area contributed by atoms with E-state index in [0.717, 1.165) is 21.1 Å². The number of amides is 1. The van der Waals surface area contributed by atoms with E-state index in [1.54, 1.807) is 13.0 Å². The molecule has 0 saturated heterocycles. The Labute approximate surface area is 166 Å². The number of hydrogen-bond acceptors (Lipinski definition) is 4. The van der Waals surface area contributed by atoms with Crippen molar-refractivity contribution < 1.29 is 13.9 Å². The van der Waals surface area contributed by atoms with Crippen LogP contribution in [0, 0.1) is 12.7 Å². The number of hydrogen-bond donors (Lipinski definition) is 1. The fourth-order valence-electron chi connectivity index (χ4n) is 2.45. The zero-order valence-electron chi connectivity index (χ0n) is 14.8. The van der Waals surface area contributed by atoms with Gasteiger partial charge in [-0.1, -0.05) is 35.9 Å². The van der Waals surface area contributed by atoms with Crippen molar-refractivity contribution in [3.05, 3.63) is 69.9 Å². The Morgan fingerprint density at radius 3 is 2.81 bits per heavy atom. The first-order chi connectivity index (χ1) is 12.9. The standard InChI is InChI=1S/C20H18ClFN2O2S/c1-12-18(27-20(24-12)16-8-3-4-9-17(16)21)11-23-19(25)13(2)26-15-7-5-6-14(22)10-15/h3-10,13H,11H2,1-2H3,(H,23,25). The van der Waals surface area contributed by atoms with Gasteiger partial charge in [-0.3, -0.25) is 4.79 Å². The third kappa shape index (κ3) is 4.84. The minimum Gasteiger partial charge on any atom is -0.481 e. The van der Waals surface area contributed by atoms with Crippen LogP contribution in [0.25, 0.3) is 10.6 Å². The number of nitrogens with one attached hydrogen (secondary N) is 1. The minimum atomic E-state index is -0.747. The van der Waals surface area contributed by atoms with Gasteiger partial charge in [-0.25, -0.2) is 9.37 Å². The fraction of sp³-hybridized carbons (Fsp3) is 0.200. The van der Waals surface area contributed by atoms with E-state index < -0.39 is 11.9 Å². The molecule has 0 fully saturated rings. The van der Waals surface area contributed by atoms with Crippen molar-refractivity contribution in [2.45, 2.75) is 26.5 Å². The van der Waals surface area contributed by atoms with Gasteiger partial charge in [0.2, 0.25) is 0 Å². The zero-order valence-corrected chi connectivity index (χ0v) is 16.4. The fourth-order valence-corrected chi connectivity index (χ4v) is 3.77. The van der Waals surface area contributed by atoms with E-state index >= 15 is 0 Å². The molecule has 1 atom stereocenters. The number of benzene rings is 2. The molecule has 0 bridgehead atoms. The summed E-state index contributed by atoms with van der Waals surface area (Å²) in [5, 5.41) is 4.28. The van der Waals surface area contributed by atoms with Crippen molar-refractivity contribution in [3.63, 3.8) is 0 Å². The SMILES string of the molecule is Cc1nc(-c2ccccc2Cl)sc1CNC(=O)C(C)Oc1cccc(F)c1. The molecule has 4 nitrogen and oxygen atoms in total. The van der Waals surface area contributed by atoms with Crippen LogP contribution < -0.4 is 10.1 Å². The predicted octanol–water partition coefficient (Wildman–Crippen LogP) is 4.99. The molecule has 27 heavy (non-hydrogen) atoms. The monoisotopic (exact) mass is 404 g/mol. The van der Waals surface area contributed by atoms with Gasteiger partial charge in [0.1, 0.15) is 16.6 Å². The largest absolute Gasteiger partial charge is 0.481 e. The first-order valence-corrected chi connectivity index (χ1v) is 9.54. The van der Waals surface area contributed by atoms with Crippen LogP contribution in [0.2, 0.25) is 5.02 Å². The third-order valence-electron chi connectivity index (χ3n) is 3.90. The number of aromatic nitrogens is 1. The first-order valence-electron chi connectivity index (χ1n) is 8.35. The van der Waals surface area contributed by atoms with Crippen LogP contribution in [-0.4, -0.2) is 17.0 Å². The molecule has 1 unspecified atom stereocenters. The summed E-state index contributed by atoms with van der Waals surface area (Å²) in [7, 11) is 0. The number of nitrogens with zero attached hydrogens (tertiary/aromatic N) is 1. The highest BCUT2D eigenvalue weighted by Crippen LogP contribution is 2.32. The van der Waals surface area contributed by atoms with Crippen molar-refractivity contribution in [2.24, 2.45) is 0 Å². The number of aryl methyl sites for hydroxylation is 1. The second kappa shape index (κ2) is 8.50. The molecular formula is C20H18ClFN2O2S. The Morgan fingerprint density at radius 1 is 1.30 bits per heavy atom. The summed E-state index contributed by atoms with van der Waals surface area (Å²) in [6.45, 7) is 3.85. The van der Waals surface area contributed by atoms with Crippen LogP contribution in [0.1, 0.15) is 17.5 Å². The number of carbonyl (C=O) groups is 1. The maximum absolute atomic E-state index is 13.2. The van der Waals surface area contributed by atoms with Gasteiger partial charge in [0, 0.05) is 16.5 Å². The van der Waals surface area contributed by atoms with Gasteiger partial charge in [0.15, 0.2) is 6.10 Å². The summed E-state index contributed by atoms with van der Waals surface area (Å²) in [4.78, 5) is 17.8.